The summed E-state index contributed by atoms with van der Waals surface area (Å²) in [6.45, 7) is 3.60. The molecule has 2 heterocycles. The Morgan fingerprint density at radius 1 is 1.48 bits per heavy atom. The van der Waals surface area contributed by atoms with Gasteiger partial charge in [0, 0.05) is 37.3 Å². The zero-order valence-electron chi connectivity index (χ0n) is 12.1. The van der Waals surface area contributed by atoms with Crippen LogP contribution in [0.25, 0.3) is 10.9 Å². The highest BCUT2D eigenvalue weighted by atomic mass is 35.5. The van der Waals surface area contributed by atoms with Gasteiger partial charge in [-0.2, -0.15) is 0 Å². The third-order valence-electron chi connectivity index (χ3n) is 4.04. The molecule has 5 heteroatoms. The van der Waals surface area contributed by atoms with Gasteiger partial charge in [-0.25, -0.2) is 0 Å². The number of aromatic nitrogens is 1. The van der Waals surface area contributed by atoms with Crippen LogP contribution in [0.2, 0.25) is 5.02 Å². The van der Waals surface area contributed by atoms with Gasteiger partial charge < -0.3 is 9.72 Å². The van der Waals surface area contributed by atoms with Gasteiger partial charge in [-0.15, -0.1) is 0 Å². The Morgan fingerprint density at radius 2 is 2.33 bits per heavy atom. The minimum Gasteiger partial charge on any atom is -0.384 e. The molecule has 4 nitrogen and oxygen atoms in total. The fraction of sp³-hybridized carbons (Fsp3) is 0.438. The number of nitrogens with zero attached hydrogens (tertiary/aromatic N) is 1. The first kappa shape index (κ1) is 14.6. The number of H-pyrrole nitrogens is 1. The smallest absolute Gasteiger partial charge is 0.189 e. The average molecular weight is 307 g/mol. The van der Waals surface area contributed by atoms with Gasteiger partial charge in [-0.05, 0) is 31.0 Å². The second-order valence-corrected chi connectivity index (χ2v) is 6.07. The Bertz CT molecular complexity index is 698. The highest BCUT2D eigenvalue weighted by molar-refractivity contribution is 6.35. The summed E-state index contributed by atoms with van der Waals surface area (Å²) in [5.74, 6) is 0.589. The summed E-state index contributed by atoms with van der Waals surface area (Å²) in [4.78, 5) is 17.8. The van der Waals surface area contributed by atoms with Crippen molar-refractivity contribution in [2.45, 2.75) is 13.0 Å². The number of hydrogen-bond donors (Lipinski definition) is 1. The standard InChI is InChI=1S/C16H19ClN2O2/c1-21-10-11-5-6-19(8-11)9-12-7-15(20)13-3-2-4-14(17)16(13)18-12/h2-4,7,11H,5-6,8-10H2,1H3,(H,18,20). The lowest BCUT2D eigenvalue weighted by Crippen LogP contribution is -2.22. The van der Waals surface area contributed by atoms with Gasteiger partial charge in [-0.3, -0.25) is 9.69 Å². The maximum absolute atomic E-state index is 12.2. The number of halogens is 1. The molecule has 1 aliphatic rings. The van der Waals surface area contributed by atoms with E-state index < -0.39 is 0 Å². The summed E-state index contributed by atoms with van der Waals surface area (Å²) >= 11 is 6.18. The predicted octanol–water partition coefficient (Wildman–Crippen LogP) is 2.65. The molecule has 1 aliphatic heterocycles. The van der Waals surface area contributed by atoms with Crippen molar-refractivity contribution < 1.29 is 4.74 Å². The van der Waals surface area contributed by atoms with Crippen molar-refractivity contribution in [3.05, 3.63) is 45.2 Å². The van der Waals surface area contributed by atoms with E-state index >= 15 is 0 Å². The largest absolute Gasteiger partial charge is 0.384 e. The highest BCUT2D eigenvalue weighted by Gasteiger charge is 2.22. The van der Waals surface area contributed by atoms with Gasteiger partial charge in [-0.1, -0.05) is 17.7 Å². The Morgan fingerprint density at radius 3 is 3.14 bits per heavy atom. The minimum atomic E-state index is 0.0221. The molecule has 3 rings (SSSR count). The van der Waals surface area contributed by atoms with E-state index in [0.717, 1.165) is 43.9 Å². The van der Waals surface area contributed by atoms with E-state index in [0.29, 0.717) is 16.3 Å². The van der Waals surface area contributed by atoms with Crippen LogP contribution in [-0.4, -0.2) is 36.7 Å². The first-order valence-electron chi connectivity index (χ1n) is 7.19. The Balaban J connectivity index is 1.82. The first-order chi connectivity index (χ1) is 10.2. The van der Waals surface area contributed by atoms with E-state index in [1.165, 1.54) is 0 Å². The topological polar surface area (TPSA) is 45.3 Å². The van der Waals surface area contributed by atoms with E-state index in [9.17, 15) is 4.79 Å². The second kappa shape index (κ2) is 6.18. The van der Waals surface area contributed by atoms with Crippen LogP contribution in [0.1, 0.15) is 12.1 Å². The van der Waals surface area contributed by atoms with E-state index in [1.807, 2.05) is 0 Å². The number of ether oxygens (including phenoxy) is 1. The van der Waals surface area contributed by atoms with Crippen LogP contribution in [0, 0.1) is 5.92 Å². The Hall–Kier alpha value is -1.36. The van der Waals surface area contributed by atoms with Crippen LogP contribution < -0.4 is 5.43 Å². The number of para-hydroxylation sites is 1. The highest BCUT2D eigenvalue weighted by Crippen LogP contribution is 2.21. The maximum Gasteiger partial charge on any atom is 0.189 e. The number of methoxy groups -OCH3 is 1. The zero-order chi connectivity index (χ0) is 14.8. The van der Waals surface area contributed by atoms with Gasteiger partial charge in [0.15, 0.2) is 5.43 Å². The maximum atomic E-state index is 12.2. The molecule has 112 valence electrons. The van der Waals surface area contributed by atoms with Crippen molar-refractivity contribution in [3.63, 3.8) is 0 Å². The minimum absolute atomic E-state index is 0.0221. The summed E-state index contributed by atoms with van der Waals surface area (Å²) in [6.07, 6.45) is 1.15. The molecule has 1 saturated heterocycles. The molecule has 0 saturated carbocycles. The summed E-state index contributed by atoms with van der Waals surface area (Å²) in [7, 11) is 1.74. The number of rotatable bonds is 4. The molecule has 21 heavy (non-hydrogen) atoms. The van der Waals surface area contributed by atoms with E-state index in [2.05, 4.69) is 9.88 Å². The molecule has 1 N–H and O–H groups in total. The van der Waals surface area contributed by atoms with Crippen LogP contribution in [0.15, 0.2) is 29.1 Å². The normalized spacial score (nSPS) is 19.4. The fourth-order valence-corrected chi connectivity index (χ4v) is 3.27. The molecule has 1 unspecified atom stereocenters. The first-order valence-corrected chi connectivity index (χ1v) is 7.57. The van der Waals surface area contributed by atoms with Gasteiger partial charge in [0.1, 0.15) is 0 Å². The fourth-order valence-electron chi connectivity index (χ4n) is 3.04. The molecule has 0 bridgehead atoms. The second-order valence-electron chi connectivity index (χ2n) is 5.67. The van der Waals surface area contributed by atoms with Crippen LogP contribution in [0.3, 0.4) is 0 Å². The number of pyridine rings is 1. The van der Waals surface area contributed by atoms with E-state index in [-0.39, 0.29) is 5.43 Å². The lowest BCUT2D eigenvalue weighted by atomic mass is 10.1. The predicted molar refractivity (Wildman–Crippen MR) is 84.8 cm³/mol. The molecule has 1 atom stereocenters. The summed E-state index contributed by atoms with van der Waals surface area (Å²) < 4.78 is 5.21. The third-order valence-corrected chi connectivity index (χ3v) is 4.35. The molecule has 1 aromatic carbocycles. The van der Waals surface area contributed by atoms with Gasteiger partial charge in [0.25, 0.3) is 0 Å². The van der Waals surface area contributed by atoms with Crippen molar-refractivity contribution in [2.24, 2.45) is 5.92 Å². The quantitative estimate of drug-likeness (QED) is 0.944. The lowest BCUT2D eigenvalue weighted by Gasteiger charge is -2.16. The Kier molecular flexibility index (Phi) is 4.29. The number of benzene rings is 1. The van der Waals surface area contributed by atoms with Crippen LogP contribution in [0.5, 0.6) is 0 Å². The molecule has 1 fully saturated rings. The number of fused-ring (bicyclic) bond motifs is 1. The number of nitrogens with one attached hydrogen (secondary N) is 1. The third kappa shape index (κ3) is 3.12. The Labute approximate surface area is 128 Å². The van der Waals surface area contributed by atoms with Gasteiger partial charge in [0.05, 0.1) is 17.1 Å². The molecular formula is C16H19ClN2O2. The molecule has 0 aliphatic carbocycles. The molecule has 0 radical (unpaired) electrons. The monoisotopic (exact) mass is 306 g/mol. The van der Waals surface area contributed by atoms with Crippen molar-refractivity contribution in [1.82, 2.24) is 9.88 Å². The number of aromatic amines is 1. The van der Waals surface area contributed by atoms with Crippen LogP contribution in [-0.2, 0) is 11.3 Å². The van der Waals surface area contributed by atoms with Crippen LogP contribution in [0.4, 0.5) is 0 Å². The number of hydrogen-bond acceptors (Lipinski definition) is 3. The molecule has 2 aromatic rings. The average Bonchev–Trinajstić information content (AvgIpc) is 2.88. The van der Waals surface area contributed by atoms with Crippen LogP contribution >= 0.6 is 11.6 Å². The van der Waals surface area contributed by atoms with E-state index in [4.69, 9.17) is 16.3 Å². The van der Waals surface area contributed by atoms with Crippen molar-refractivity contribution in [2.75, 3.05) is 26.8 Å². The zero-order valence-corrected chi connectivity index (χ0v) is 12.8. The summed E-state index contributed by atoms with van der Waals surface area (Å²) in [5.41, 5.74) is 1.67. The molecule has 1 aromatic heterocycles. The van der Waals surface area contributed by atoms with Gasteiger partial charge in [0.2, 0.25) is 0 Å². The van der Waals surface area contributed by atoms with Crippen molar-refractivity contribution >= 4 is 22.5 Å². The van der Waals surface area contributed by atoms with Crippen molar-refractivity contribution in [3.8, 4) is 0 Å². The number of likely N-dealkylation sites (tertiary alicyclic amines) is 1. The summed E-state index contributed by atoms with van der Waals surface area (Å²) in [5, 5.41) is 1.23. The lowest BCUT2D eigenvalue weighted by molar-refractivity contribution is 0.152. The molecular weight excluding hydrogens is 288 g/mol. The van der Waals surface area contributed by atoms with Crippen molar-refractivity contribution in [1.29, 1.82) is 0 Å². The van der Waals surface area contributed by atoms with E-state index in [1.54, 1.807) is 31.4 Å². The van der Waals surface area contributed by atoms with Gasteiger partial charge >= 0.3 is 0 Å². The molecule has 0 amide bonds. The summed E-state index contributed by atoms with van der Waals surface area (Å²) in [6, 6.07) is 7.08. The SMILES string of the molecule is COCC1CCN(Cc2cc(=O)c3cccc(Cl)c3[nH]2)C1. The molecule has 0 spiro atoms.